The van der Waals surface area contributed by atoms with E-state index in [1.165, 1.54) is 0 Å². The molecule has 1 aliphatic carbocycles. The summed E-state index contributed by atoms with van der Waals surface area (Å²) in [6.07, 6.45) is 3.40. The van der Waals surface area contributed by atoms with Crippen molar-refractivity contribution in [3.8, 4) is 0 Å². The summed E-state index contributed by atoms with van der Waals surface area (Å²) in [6.45, 7) is 23.3. The van der Waals surface area contributed by atoms with E-state index in [1.807, 2.05) is 48.5 Å². The standard InChI is InChI=1S/C33H51NO4Si2/c1-32(2,3)39(7,8)37-29-22-21-28(27(29)24-36-23-25-17-13-11-14-18-25)34-31(35)30(26-19-15-12-16-20-26)38-40(9,10)33(4,5)6/h11-22,27-30H,23-24H2,1-10H3,(H,34,35)/t27-,28+,29-,30-/m0/s1. The molecule has 0 spiro atoms. The third-order valence-electron chi connectivity index (χ3n) is 8.92. The minimum Gasteiger partial charge on any atom is -0.410 e. The molecule has 40 heavy (non-hydrogen) atoms. The van der Waals surface area contributed by atoms with Crippen LogP contribution in [0.5, 0.6) is 0 Å². The average molecular weight is 582 g/mol. The molecule has 0 heterocycles. The molecule has 1 amide bonds. The Balaban J connectivity index is 1.83. The largest absolute Gasteiger partial charge is 0.410 e. The van der Waals surface area contributed by atoms with Crippen LogP contribution in [0.1, 0.15) is 58.8 Å². The molecular formula is C33H51NO4Si2. The van der Waals surface area contributed by atoms with E-state index in [2.05, 4.69) is 97.3 Å². The molecule has 0 radical (unpaired) electrons. The first-order chi connectivity index (χ1) is 18.5. The smallest absolute Gasteiger partial charge is 0.253 e. The van der Waals surface area contributed by atoms with Gasteiger partial charge in [0.05, 0.1) is 25.4 Å². The topological polar surface area (TPSA) is 56.8 Å². The van der Waals surface area contributed by atoms with Crippen LogP contribution < -0.4 is 5.32 Å². The Hall–Kier alpha value is -2.04. The van der Waals surface area contributed by atoms with E-state index in [0.29, 0.717) is 13.2 Å². The SMILES string of the molecule is CC(C)(C)[Si](C)(C)O[C@H](C(=O)N[C@@H]1C=C[C@H](O[Si](C)(C)C(C)(C)C)[C@H]1COCc1ccccc1)c1ccccc1. The van der Waals surface area contributed by atoms with Crippen molar-refractivity contribution in [2.75, 3.05) is 6.61 Å². The van der Waals surface area contributed by atoms with Crippen molar-refractivity contribution in [3.63, 3.8) is 0 Å². The Morgan fingerprint density at radius 3 is 1.93 bits per heavy atom. The molecule has 0 fully saturated rings. The van der Waals surface area contributed by atoms with Crippen molar-refractivity contribution in [1.29, 1.82) is 0 Å². The maximum atomic E-state index is 14.0. The van der Waals surface area contributed by atoms with Crippen LogP contribution in [0.25, 0.3) is 0 Å². The number of carbonyl (C=O) groups excluding carboxylic acids is 1. The van der Waals surface area contributed by atoms with Gasteiger partial charge in [-0.05, 0) is 47.4 Å². The fourth-order valence-electron chi connectivity index (χ4n) is 4.22. The highest BCUT2D eigenvalue weighted by molar-refractivity contribution is 6.74. The molecule has 0 aliphatic heterocycles. The maximum absolute atomic E-state index is 14.0. The normalized spacial score (nSPS) is 20.9. The lowest BCUT2D eigenvalue weighted by molar-refractivity contribution is -0.129. The van der Waals surface area contributed by atoms with Crippen LogP contribution in [0.4, 0.5) is 0 Å². The van der Waals surface area contributed by atoms with Gasteiger partial charge in [0, 0.05) is 5.92 Å². The van der Waals surface area contributed by atoms with Gasteiger partial charge in [0.1, 0.15) is 6.10 Å². The third-order valence-corrected chi connectivity index (χ3v) is 17.8. The first-order valence-electron chi connectivity index (χ1n) is 14.5. The fourth-order valence-corrected chi connectivity index (χ4v) is 6.69. The quantitative estimate of drug-likeness (QED) is 0.216. The second-order valence-corrected chi connectivity index (χ2v) is 23.6. The number of ether oxygens (including phenoxy) is 1. The number of hydrogen-bond acceptors (Lipinski definition) is 4. The number of nitrogens with one attached hydrogen (secondary N) is 1. The van der Waals surface area contributed by atoms with E-state index >= 15 is 0 Å². The monoisotopic (exact) mass is 581 g/mol. The summed E-state index contributed by atoms with van der Waals surface area (Å²) < 4.78 is 19.8. The Labute approximate surface area is 245 Å². The van der Waals surface area contributed by atoms with E-state index in [9.17, 15) is 4.79 Å². The molecule has 2 aromatic carbocycles. The van der Waals surface area contributed by atoms with Crippen molar-refractivity contribution in [1.82, 2.24) is 5.32 Å². The molecule has 0 saturated heterocycles. The highest BCUT2D eigenvalue weighted by atomic mass is 28.4. The molecule has 0 bridgehead atoms. The van der Waals surface area contributed by atoms with Crippen molar-refractivity contribution in [3.05, 3.63) is 83.9 Å². The van der Waals surface area contributed by atoms with Crippen LogP contribution in [0, 0.1) is 5.92 Å². The van der Waals surface area contributed by atoms with Gasteiger partial charge in [0.15, 0.2) is 16.6 Å². The molecule has 220 valence electrons. The van der Waals surface area contributed by atoms with Crippen LogP contribution >= 0.6 is 0 Å². The van der Waals surface area contributed by atoms with Gasteiger partial charge in [-0.2, -0.15) is 0 Å². The highest BCUT2D eigenvalue weighted by Gasteiger charge is 2.45. The van der Waals surface area contributed by atoms with Crippen LogP contribution in [0.3, 0.4) is 0 Å². The van der Waals surface area contributed by atoms with Crippen LogP contribution in [-0.4, -0.2) is 41.3 Å². The number of amides is 1. The van der Waals surface area contributed by atoms with Gasteiger partial charge in [0.25, 0.3) is 5.91 Å². The van der Waals surface area contributed by atoms with Crippen LogP contribution in [0.15, 0.2) is 72.8 Å². The zero-order chi connectivity index (χ0) is 29.8. The Kier molecular flexibility index (Phi) is 10.4. The van der Waals surface area contributed by atoms with Gasteiger partial charge in [-0.25, -0.2) is 0 Å². The van der Waals surface area contributed by atoms with Gasteiger partial charge in [-0.3, -0.25) is 4.79 Å². The lowest BCUT2D eigenvalue weighted by atomic mass is 10.0. The molecule has 5 nitrogen and oxygen atoms in total. The van der Waals surface area contributed by atoms with Crippen molar-refractivity contribution in [2.24, 2.45) is 5.92 Å². The van der Waals surface area contributed by atoms with Crippen LogP contribution in [-0.2, 0) is 25.0 Å². The summed E-state index contributed by atoms with van der Waals surface area (Å²) in [7, 11) is -4.28. The molecule has 0 unspecified atom stereocenters. The predicted octanol–water partition coefficient (Wildman–Crippen LogP) is 8.03. The summed E-state index contributed by atoms with van der Waals surface area (Å²) in [6, 6.07) is 19.8. The van der Waals surface area contributed by atoms with Gasteiger partial charge in [-0.15, -0.1) is 0 Å². The predicted molar refractivity (Wildman–Crippen MR) is 170 cm³/mol. The summed E-state index contributed by atoms with van der Waals surface area (Å²) in [5.74, 6) is -0.155. The first kappa shape index (κ1) is 32.5. The minimum atomic E-state index is -2.23. The summed E-state index contributed by atoms with van der Waals surface area (Å²) in [4.78, 5) is 14.0. The summed E-state index contributed by atoms with van der Waals surface area (Å²) in [5, 5.41) is 3.38. The fraction of sp³-hybridized carbons (Fsp3) is 0.545. The molecule has 3 rings (SSSR count). The van der Waals surface area contributed by atoms with E-state index in [1.54, 1.807) is 0 Å². The molecule has 0 saturated carbocycles. The maximum Gasteiger partial charge on any atom is 0.253 e. The summed E-state index contributed by atoms with van der Waals surface area (Å²) in [5.41, 5.74) is 2.00. The first-order valence-corrected chi connectivity index (χ1v) is 20.3. The number of rotatable bonds is 11. The van der Waals surface area contributed by atoms with Gasteiger partial charge in [-0.1, -0.05) is 114 Å². The van der Waals surface area contributed by atoms with Crippen molar-refractivity contribution >= 4 is 22.5 Å². The number of benzene rings is 2. The second-order valence-electron chi connectivity index (χ2n) is 14.1. The molecule has 4 atom stereocenters. The zero-order valence-electron chi connectivity index (χ0n) is 26.3. The van der Waals surface area contributed by atoms with E-state index in [4.69, 9.17) is 13.6 Å². The second kappa shape index (κ2) is 12.9. The molecule has 1 aliphatic rings. The zero-order valence-corrected chi connectivity index (χ0v) is 28.3. The molecule has 0 aromatic heterocycles. The molecule has 1 N–H and O–H groups in total. The molecule has 7 heteroatoms. The number of carbonyl (C=O) groups is 1. The van der Waals surface area contributed by atoms with E-state index < -0.39 is 22.7 Å². The van der Waals surface area contributed by atoms with Crippen LogP contribution in [0.2, 0.25) is 36.3 Å². The lowest BCUT2D eigenvalue weighted by Crippen LogP contribution is -2.50. The Morgan fingerprint density at radius 2 is 1.38 bits per heavy atom. The lowest BCUT2D eigenvalue weighted by Gasteiger charge is -2.40. The highest BCUT2D eigenvalue weighted by Crippen LogP contribution is 2.41. The van der Waals surface area contributed by atoms with E-state index in [-0.39, 0.29) is 34.0 Å². The van der Waals surface area contributed by atoms with Crippen molar-refractivity contribution in [2.45, 2.75) is 103 Å². The minimum absolute atomic E-state index is 0.0243. The van der Waals surface area contributed by atoms with Gasteiger partial charge >= 0.3 is 0 Å². The van der Waals surface area contributed by atoms with Gasteiger partial charge in [0.2, 0.25) is 0 Å². The number of hydrogen-bond donors (Lipinski definition) is 1. The molecule has 2 aromatic rings. The van der Waals surface area contributed by atoms with Gasteiger partial charge < -0.3 is 18.9 Å². The third kappa shape index (κ3) is 8.26. The molecular weight excluding hydrogens is 531 g/mol. The van der Waals surface area contributed by atoms with E-state index in [0.717, 1.165) is 11.1 Å². The average Bonchev–Trinajstić information content (AvgIpc) is 3.22. The summed E-state index contributed by atoms with van der Waals surface area (Å²) >= 11 is 0. The Bertz CT molecular complexity index is 1120. The Morgan fingerprint density at radius 1 is 0.825 bits per heavy atom. The van der Waals surface area contributed by atoms with Crippen molar-refractivity contribution < 1.29 is 18.4 Å².